The number of rotatable bonds is 7. The largest absolute Gasteiger partial charge is 0.361 e. The molecule has 0 fully saturated rings. The van der Waals surface area contributed by atoms with Crippen LogP contribution in [-0.2, 0) is 6.54 Å². The molecule has 1 atom stereocenters. The van der Waals surface area contributed by atoms with Crippen molar-refractivity contribution in [3.8, 4) is 0 Å². The number of anilines is 1. The number of nitrogens with zero attached hydrogens (tertiary/aromatic N) is 3. The normalized spacial score (nSPS) is 12.4. The molecule has 1 rings (SSSR count). The first-order valence-electron chi connectivity index (χ1n) is 6.23. The van der Waals surface area contributed by atoms with Crippen molar-refractivity contribution < 1.29 is 4.92 Å². The van der Waals surface area contributed by atoms with E-state index < -0.39 is 4.92 Å². The number of aromatic nitrogens is 2. The highest BCUT2D eigenvalue weighted by molar-refractivity contribution is 5.60. The lowest BCUT2D eigenvalue weighted by molar-refractivity contribution is -0.384. The molecule has 3 N–H and O–H groups in total. The molecule has 1 aromatic rings. The Labute approximate surface area is 107 Å². The molecule has 0 radical (unpaired) electrons. The highest BCUT2D eigenvalue weighted by atomic mass is 16.6. The molecule has 7 nitrogen and oxygen atoms in total. The predicted molar refractivity (Wildman–Crippen MR) is 70.7 cm³/mol. The lowest BCUT2D eigenvalue weighted by Gasteiger charge is -2.17. The molecule has 7 heteroatoms. The third-order valence-corrected chi connectivity index (χ3v) is 2.84. The van der Waals surface area contributed by atoms with Gasteiger partial charge in [0, 0.05) is 19.1 Å². The first-order chi connectivity index (χ1) is 8.54. The maximum atomic E-state index is 11.1. The Morgan fingerprint density at radius 2 is 2.22 bits per heavy atom. The average molecular weight is 255 g/mol. The van der Waals surface area contributed by atoms with Crippen LogP contribution in [0.25, 0.3) is 0 Å². The van der Waals surface area contributed by atoms with E-state index in [4.69, 9.17) is 5.73 Å². The minimum atomic E-state index is -0.393. The van der Waals surface area contributed by atoms with E-state index in [9.17, 15) is 10.1 Å². The van der Waals surface area contributed by atoms with Crippen LogP contribution in [0.2, 0.25) is 0 Å². The second-order valence-corrected chi connectivity index (χ2v) is 4.22. The number of nitrogens with two attached hydrogens (primary N) is 1. The Bertz CT molecular complexity index is 416. The van der Waals surface area contributed by atoms with E-state index in [1.54, 1.807) is 11.6 Å². The molecular weight excluding hydrogens is 234 g/mol. The van der Waals surface area contributed by atoms with Crippen molar-refractivity contribution in [1.82, 2.24) is 9.78 Å². The second kappa shape index (κ2) is 6.34. The average Bonchev–Trinajstić information content (AvgIpc) is 2.64. The first kappa shape index (κ1) is 14.4. The van der Waals surface area contributed by atoms with Gasteiger partial charge in [-0.3, -0.25) is 10.1 Å². The summed E-state index contributed by atoms with van der Waals surface area (Å²) < 4.78 is 1.62. The van der Waals surface area contributed by atoms with Crippen LogP contribution < -0.4 is 11.1 Å². The van der Waals surface area contributed by atoms with Crippen LogP contribution in [0.15, 0.2) is 0 Å². The van der Waals surface area contributed by atoms with Crippen LogP contribution >= 0.6 is 0 Å². The van der Waals surface area contributed by atoms with E-state index in [0.29, 0.717) is 24.6 Å². The molecular formula is C11H21N5O2. The van der Waals surface area contributed by atoms with Crippen LogP contribution in [0.1, 0.15) is 32.4 Å². The van der Waals surface area contributed by atoms with Gasteiger partial charge in [-0.15, -0.1) is 0 Å². The van der Waals surface area contributed by atoms with Gasteiger partial charge in [-0.25, -0.2) is 4.68 Å². The molecule has 102 valence electrons. The van der Waals surface area contributed by atoms with Gasteiger partial charge >= 0.3 is 5.69 Å². The fraction of sp³-hybridized carbons (Fsp3) is 0.727. The summed E-state index contributed by atoms with van der Waals surface area (Å²) in [6, 6.07) is 0.0371. The zero-order valence-electron chi connectivity index (χ0n) is 11.1. The van der Waals surface area contributed by atoms with Crippen LogP contribution in [0.5, 0.6) is 0 Å². The van der Waals surface area contributed by atoms with Gasteiger partial charge in [0.25, 0.3) is 0 Å². The number of hydrogen-bond donors (Lipinski definition) is 2. The van der Waals surface area contributed by atoms with Crippen LogP contribution in [-0.4, -0.2) is 27.3 Å². The summed E-state index contributed by atoms with van der Waals surface area (Å²) in [5.74, 6) is 0.462. The minimum absolute atomic E-state index is 0.0371. The van der Waals surface area contributed by atoms with E-state index in [-0.39, 0.29) is 11.7 Å². The van der Waals surface area contributed by atoms with Gasteiger partial charge < -0.3 is 11.1 Å². The summed E-state index contributed by atoms with van der Waals surface area (Å²) in [6.45, 7) is 6.63. The van der Waals surface area contributed by atoms with Gasteiger partial charge in [0.05, 0.1) is 4.92 Å². The standard InChI is InChI=1S/C11H21N5O2/c1-4-6-9(7-12)13-11-10(16(17)18)8(3)14-15(11)5-2/h9,13H,4-7,12H2,1-3H3. The van der Waals surface area contributed by atoms with E-state index >= 15 is 0 Å². The van der Waals surface area contributed by atoms with Gasteiger partial charge in [-0.1, -0.05) is 13.3 Å². The summed E-state index contributed by atoms with van der Waals surface area (Å²) in [5.41, 5.74) is 6.14. The molecule has 0 saturated carbocycles. The molecule has 0 amide bonds. The fourth-order valence-electron chi connectivity index (χ4n) is 1.95. The van der Waals surface area contributed by atoms with Crippen molar-refractivity contribution in [3.63, 3.8) is 0 Å². The van der Waals surface area contributed by atoms with E-state index in [1.165, 1.54) is 0 Å². The smallest absolute Gasteiger partial charge is 0.333 e. The lowest BCUT2D eigenvalue weighted by Crippen LogP contribution is -2.30. The lowest BCUT2D eigenvalue weighted by atomic mass is 10.1. The molecule has 18 heavy (non-hydrogen) atoms. The molecule has 0 aliphatic rings. The topological polar surface area (TPSA) is 99.0 Å². The third kappa shape index (κ3) is 2.98. The van der Waals surface area contributed by atoms with E-state index in [2.05, 4.69) is 17.3 Å². The highest BCUT2D eigenvalue weighted by Gasteiger charge is 2.26. The molecule has 0 spiro atoms. The van der Waals surface area contributed by atoms with Gasteiger partial charge in [0.2, 0.25) is 5.82 Å². The summed E-state index contributed by atoms with van der Waals surface area (Å²) in [7, 11) is 0. The number of nitrogens with one attached hydrogen (secondary N) is 1. The summed E-state index contributed by atoms with van der Waals surface area (Å²) >= 11 is 0. The molecule has 0 aliphatic heterocycles. The van der Waals surface area contributed by atoms with E-state index in [1.807, 2.05) is 6.92 Å². The maximum Gasteiger partial charge on any atom is 0.333 e. The highest BCUT2D eigenvalue weighted by Crippen LogP contribution is 2.28. The second-order valence-electron chi connectivity index (χ2n) is 4.22. The van der Waals surface area contributed by atoms with E-state index in [0.717, 1.165) is 12.8 Å². The molecule has 1 unspecified atom stereocenters. The van der Waals surface area contributed by atoms with Crippen molar-refractivity contribution in [2.24, 2.45) is 5.73 Å². The van der Waals surface area contributed by atoms with Crippen molar-refractivity contribution in [1.29, 1.82) is 0 Å². The van der Waals surface area contributed by atoms with Gasteiger partial charge in [-0.05, 0) is 20.3 Å². The van der Waals surface area contributed by atoms with Crippen LogP contribution in [0, 0.1) is 17.0 Å². The van der Waals surface area contributed by atoms with Crippen molar-refractivity contribution in [3.05, 3.63) is 15.8 Å². The first-order valence-corrected chi connectivity index (χ1v) is 6.23. The van der Waals surface area contributed by atoms with Gasteiger partial charge in [0.1, 0.15) is 5.69 Å². The quantitative estimate of drug-likeness (QED) is 0.570. The van der Waals surface area contributed by atoms with Gasteiger partial charge in [0.15, 0.2) is 0 Å². The van der Waals surface area contributed by atoms with Crippen molar-refractivity contribution in [2.75, 3.05) is 11.9 Å². The fourth-order valence-corrected chi connectivity index (χ4v) is 1.95. The third-order valence-electron chi connectivity index (χ3n) is 2.84. The molecule has 0 bridgehead atoms. The van der Waals surface area contributed by atoms with Gasteiger partial charge in [-0.2, -0.15) is 5.10 Å². The maximum absolute atomic E-state index is 11.1. The summed E-state index contributed by atoms with van der Waals surface area (Å²) in [5, 5.41) is 18.4. The van der Waals surface area contributed by atoms with Crippen molar-refractivity contribution in [2.45, 2.75) is 46.2 Å². The monoisotopic (exact) mass is 255 g/mol. The molecule has 0 aliphatic carbocycles. The Balaban J connectivity index is 3.08. The Hall–Kier alpha value is -1.63. The molecule has 0 aromatic carbocycles. The summed E-state index contributed by atoms with van der Waals surface area (Å²) in [6.07, 6.45) is 1.85. The molecule has 1 aromatic heterocycles. The molecule has 0 saturated heterocycles. The van der Waals surface area contributed by atoms with Crippen molar-refractivity contribution >= 4 is 11.5 Å². The Kier molecular flexibility index (Phi) is 5.08. The number of hydrogen-bond acceptors (Lipinski definition) is 5. The zero-order valence-corrected chi connectivity index (χ0v) is 11.1. The number of aryl methyl sites for hydroxylation is 2. The Morgan fingerprint density at radius 3 is 2.67 bits per heavy atom. The summed E-state index contributed by atoms with van der Waals surface area (Å²) in [4.78, 5) is 10.7. The molecule has 1 heterocycles. The Morgan fingerprint density at radius 1 is 1.56 bits per heavy atom. The SMILES string of the molecule is CCCC(CN)Nc1c([N+](=O)[O-])c(C)nn1CC. The zero-order chi connectivity index (χ0) is 13.7. The van der Waals surface area contributed by atoms with Crippen LogP contribution in [0.4, 0.5) is 11.5 Å². The minimum Gasteiger partial charge on any atom is -0.361 e. The van der Waals surface area contributed by atoms with Crippen LogP contribution in [0.3, 0.4) is 0 Å². The number of nitro groups is 1. The predicted octanol–water partition coefficient (Wildman–Crippen LogP) is 1.66.